The van der Waals surface area contributed by atoms with Gasteiger partial charge in [0, 0.05) is 17.1 Å². The summed E-state index contributed by atoms with van der Waals surface area (Å²) < 4.78 is 0. The summed E-state index contributed by atoms with van der Waals surface area (Å²) in [7, 11) is 0. The summed E-state index contributed by atoms with van der Waals surface area (Å²) in [5.41, 5.74) is 5.11. The highest BCUT2D eigenvalue weighted by molar-refractivity contribution is 6.21. The maximum atomic E-state index is 13.8. The average Bonchev–Trinajstić information content (AvgIpc) is 2.97. The third-order valence-corrected chi connectivity index (χ3v) is 6.72. The van der Waals surface area contributed by atoms with Gasteiger partial charge in [-0.15, -0.1) is 0 Å². The molecule has 0 unspecified atom stereocenters. The van der Waals surface area contributed by atoms with Crippen molar-refractivity contribution in [3.05, 3.63) is 124 Å². The molecule has 0 aromatic heterocycles. The third-order valence-electron chi connectivity index (χ3n) is 6.72. The molecule has 6 nitrogen and oxygen atoms in total. The lowest BCUT2D eigenvalue weighted by Gasteiger charge is -2.17. The Morgan fingerprint density at radius 1 is 0.462 bits per heavy atom. The van der Waals surface area contributed by atoms with Crippen molar-refractivity contribution < 1.29 is 14.4 Å². The number of amides is 3. The van der Waals surface area contributed by atoms with Crippen molar-refractivity contribution in [1.82, 2.24) is 0 Å². The van der Waals surface area contributed by atoms with E-state index in [-0.39, 0.29) is 16.7 Å². The minimum atomic E-state index is -0.528. The summed E-state index contributed by atoms with van der Waals surface area (Å²) in [6, 6.07) is 27.3. The fraction of sp³-hybridized carbons (Fsp3) is 0.182. The summed E-state index contributed by atoms with van der Waals surface area (Å²) >= 11 is 0. The topological polar surface area (TPSA) is 87.3 Å². The smallest absolute Gasteiger partial charge is 0.257 e. The first-order valence-corrected chi connectivity index (χ1v) is 13.3. The number of aryl methyl sites for hydroxylation is 3. The maximum Gasteiger partial charge on any atom is 0.257 e. The highest BCUT2D eigenvalue weighted by atomic mass is 16.2. The molecule has 0 radical (unpaired) electrons. The zero-order valence-corrected chi connectivity index (χ0v) is 22.5. The van der Waals surface area contributed by atoms with Crippen LogP contribution in [0.2, 0.25) is 0 Å². The molecule has 0 saturated heterocycles. The van der Waals surface area contributed by atoms with Crippen LogP contribution in [0.4, 0.5) is 17.1 Å². The number of hydrogen-bond acceptors (Lipinski definition) is 3. The number of carbonyl (C=O) groups is 3. The number of para-hydroxylation sites is 3. The second-order valence-electron chi connectivity index (χ2n) is 9.12. The second-order valence-corrected chi connectivity index (χ2v) is 9.12. The summed E-state index contributed by atoms with van der Waals surface area (Å²) in [6.45, 7) is 6.02. The number of nitrogens with one attached hydrogen (secondary N) is 3. The lowest BCUT2D eigenvalue weighted by atomic mass is 9.97. The first-order chi connectivity index (χ1) is 19.0. The van der Waals surface area contributed by atoms with Crippen LogP contribution in [0.3, 0.4) is 0 Å². The molecule has 0 atom stereocenters. The molecule has 3 amide bonds. The van der Waals surface area contributed by atoms with E-state index in [1.807, 2.05) is 93.6 Å². The SMILES string of the molecule is CCc1ccccc1NC(=O)c1cccc(C(=O)Nc2ccccc2CC)c1C(=O)Nc1ccccc1CC. The van der Waals surface area contributed by atoms with Gasteiger partial charge in [0.05, 0.1) is 16.7 Å². The molecule has 0 spiro atoms. The highest BCUT2D eigenvalue weighted by Gasteiger charge is 2.26. The maximum absolute atomic E-state index is 13.8. The summed E-state index contributed by atoms with van der Waals surface area (Å²) in [5.74, 6) is -1.46. The van der Waals surface area contributed by atoms with Crippen LogP contribution >= 0.6 is 0 Å². The molecule has 0 aliphatic heterocycles. The molecule has 0 aliphatic rings. The van der Waals surface area contributed by atoms with Gasteiger partial charge in [-0.3, -0.25) is 14.4 Å². The minimum absolute atomic E-state index is 0.0152. The van der Waals surface area contributed by atoms with Gasteiger partial charge in [0.25, 0.3) is 17.7 Å². The molecule has 0 heterocycles. The van der Waals surface area contributed by atoms with Crippen molar-refractivity contribution in [2.75, 3.05) is 16.0 Å². The average molecular weight is 520 g/mol. The molecule has 0 bridgehead atoms. The van der Waals surface area contributed by atoms with Crippen molar-refractivity contribution in [1.29, 1.82) is 0 Å². The van der Waals surface area contributed by atoms with E-state index < -0.39 is 17.7 Å². The van der Waals surface area contributed by atoms with E-state index in [9.17, 15) is 14.4 Å². The van der Waals surface area contributed by atoms with E-state index in [1.165, 1.54) is 0 Å². The summed E-state index contributed by atoms with van der Waals surface area (Å²) in [5, 5.41) is 8.83. The van der Waals surface area contributed by atoms with Gasteiger partial charge < -0.3 is 16.0 Å². The van der Waals surface area contributed by atoms with E-state index in [0.717, 1.165) is 29.5 Å². The van der Waals surface area contributed by atoms with Crippen molar-refractivity contribution >= 4 is 34.8 Å². The number of anilines is 3. The zero-order chi connectivity index (χ0) is 27.8. The van der Waals surface area contributed by atoms with Gasteiger partial charge >= 0.3 is 0 Å². The summed E-state index contributed by atoms with van der Waals surface area (Å²) in [4.78, 5) is 41.0. The first kappa shape index (κ1) is 27.3. The monoisotopic (exact) mass is 519 g/mol. The fourth-order valence-corrected chi connectivity index (χ4v) is 4.59. The molecule has 0 saturated carbocycles. The van der Waals surface area contributed by atoms with Crippen LogP contribution in [0.5, 0.6) is 0 Å². The first-order valence-electron chi connectivity index (χ1n) is 13.3. The van der Waals surface area contributed by atoms with E-state index in [2.05, 4.69) is 16.0 Å². The number of carbonyl (C=O) groups excluding carboxylic acids is 3. The normalized spacial score (nSPS) is 10.5. The minimum Gasteiger partial charge on any atom is -0.322 e. The third kappa shape index (κ3) is 6.24. The highest BCUT2D eigenvalue weighted by Crippen LogP contribution is 2.24. The number of benzene rings is 4. The molecule has 6 heteroatoms. The van der Waals surface area contributed by atoms with E-state index >= 15 is 0 Å². The molecule has 4 rings (SSSR count). The standard InChI is InChI=1S/C33H33N3O3/c1-4-22-14-7-10-19-27(22)34-31(37)25-17-13-18-26(32(38)35-28-20-11-8-15-23(28)5-2)30(25)33(39)36-29-21-12-9-16-24(29)6-3/h7-21H,4-6H2,1-3H3,(H,34,37)(H,35,38)(H,36,39). The zero-order valence-electron chi connectivity index (χ0n) is 22.5. The Morgan fingerprint density at radius 3 is 1.15 bits per heavy atom. The van der Waals surface area contributed by atoms with E-state index in [0.29, 0.717) is 23.5 Å². The lowest BCUT2D eigenvalue weighted by Crippen LogP contribution is -2.26. The van der Waals surface area contributed by atoms with Gasteiger partial charge in [-0.25, -0.2) is 0 Å². The van der Waals surface area contributed by atoms with Gasteiger partial charge in [-0.2, -0.15) is 0 Å². The predicted molar refractivity (Wildman–Crippen MR) is 158 cm³/mol. The molecule has 4 aromatic carbocycles. The Labute approximate surface area is 229 Å². The fourth-order valence-electron chi connectivity index (χ4n) is 4.59. The van der Waals surface area contributed by atoms with E-state index in [1.54, 1.807) is 18.2 Å². The van der Waals surface area contributed by atoms with Crippen LogP contribution in [0, 0.1) is 0 Å². The van der Waals surface area contributed by atoms with E-state index in [4.69, 9.17) is 0 Å². The lowest BCUT2D eigenvalue weighted by molar-refractivity contribution is 0.0978. The van der Waals surface area contributed by atoms with Crippen LogP contribution in [-0.4, -0.2) is 17.7 Å². The van der Waals surface area contributed by atoms with Crippen molar-refractivity contribution in [2.45, 2.75) is 40.0 Å². The van der Waals surface area contributed by atoms with Gasteiger partial charge in [0.2, 0.25) is 0 Å². The summed E-state index contributed by atoms with van der Waals surface area (Å²) in [6.07, 6.45) is 2.18. The molecule has 198 valence electrons. The Balaban J connectivity index is 1.77. The van der Waals surface area contributed by atoms with Crippen LogP contribution in [0.1, 0.15) is 68.5 Å². The van der Waals surface area contributed by atoms with Gasteiger partial charge in [0.15, 0.2) is 0 Å². The Bertz CT molecular complexity index is 1430. The van der Waals surface area contributed by atoms with Crippen LogP contribution < -0.4 is 16.0 Å². The quantitative estimate of drug-likeness (QED) is 0.220. The predicted octanol–water partition coefficient (Wildman–Crippen LogP) is 7.13. The van der Waals surface area contributed by atoms with Gasteiger partial charge in [-0.1, -0.05) is 81.4 Å². The molecule has 0 fully saturated rings. The largest absolute Gasteiger partial charge is 0.322 e. The van der Waals surface area contributed by atoms with Gasteiger partial charge in [-0.05, 0) is 66.3 Å². The molecule has 3 N–H and O–H groups in total. The Kier molecular flexibility index (Phi) is 8.90. The Morgan fingerprint density at radius 2 is 0.795 bits per heavy atom. The van der Waals surface area contributed by atoms with Crippen LogP contribution in [0.15, 0.2) is 91.0 Å². The second kappa shape index (κ2) is 12.7. The molecular formula is C33H33N3O3. The molecule has 4 aromatic rings. The van der Waals surface area contributed by atoms with Crippen LogP contribution in [0.25, 0.3) is 0 Å². The van der Waals surface area contributed by atoms with Crippen molar-refractivity contribution in [3.63, 3.8) is 0 Å². The van der Waals surface area contributed by atoms with Crippen molar-refractivity contribution in [3.8, 4) is 0 Å². The number of rotatable bonds is 9. The molecular weight excluding hydrogens is 486 g/mol. The Hall–Kier alpha value is -4.71. The number of hydrogen-bond donors (Lipinski definition) is 3. The van der Waals surface area contributed by atoms with Crippen molar-refractivity contribution in [2.24, 2.45) is 0 Å². The molecule has 0 aliphatic carbocycles. The van der Waals surface area contributed by atoms with Crippen LogP contribution in [-0.2, 0) is 19.3 Å². The van der Waals surface area contributed by atoms with Gasteiger partial charge in [0.1, 0.15) is 0 Å². The molecule has 39 heavy (non-hydrogen) atoms.